The molecule has 0 aliphatic rings. The fraction of sp³-hybridized carbons (Fsp3) is 0.438. The van der Waals surface area contributed by atoms with E-state index in [1.54, 1.807) is 7.11 Å². The van der Waals surface area contributed by atoms with E-state index in [1.807, 2.05) is 18.2 Å². The fourth-order valence-electron chi connectivity index (χ4n) is 2.63. The van der Waals surface area contributed by atoms with E-state index < -0.39 is 0 Å². The van der Waals surface area contributed by atoms with Crippen molar-refractivity contribution in [2.75, 3.05) is 7.11 Å². The molecule has 2 N–H and O–H groups in total. The maximum atomic E-state index is 5.89. The lowest BCUT2D eigenvalue weighted by atomic mass is 10.1. The highest BCUT2D eigenvalue weighted by atomic mass is 16.5. The summed E-state index contributed by atoms with van der Waals surface area (Å²) in [7, 11) is 1.70. The molecule has 0 saturated carbocycles. The average Bonchev–Trinajstić information content (AvgIpc) is 2.84. The van der Waals surface area contributed by atoms with Crippen LogP contribution >= 0.6 is 0 Å². The normalized spacial score (nSPS) is 10.8. The first-order valence-corrected chi connectivity index (χ1v) is 7.14. The van der Waals surface area contributed by atoms with Gasteiger partial charge in [-0.2, -0.15) is 5.10 Å². The van der Waals surface area contributed by atoms with E-state index >= 15 is 0 Å². The molecule has 108 valence electrons. The first-order chi connectivity index (χ1) is 9.74. The number of benzene rings is 1. The van der Waals surface area contributed by atoms with Gasteiger partial charge in [0.15, 0.2) is 0 Å². The SMILES string of the molecule is CCc1nn(Cc2ccccc2OC)c(CC)c1CN. The molecule has 0 aliphatic heterocycles. The maximum Gasteiger partial charge on any atom is 0.123 e. The molecule has 0 fully saturated rings. The zero-order valence-corrected chi connectivity index (χ0v) is 12.5. The van der Waals surface area contributed by atoms with Crippen LogP contribution in [0.2, 0.25) is 0 Å². The molecular weight excluding hydrogens is 250 g/mol. The van der Waals surface area contributed by atoms with Crippen LogP contribution in [0.25, 0.3) is 0 Å². The Labute approximate surface area is 120 Å². The highest BCUT2D eigenvalue weighted by Gasteiger charge is 2.15. The van der Waals surface area contributed by atoms with Crippen LogP contribution in [0.15, 0.2) is 24.3 Å². The number of ether oxygens (including phenoxy) is 1. The molecule has 1 heterocycles. The van der Waals surface area contributed by atoms with Crippen LogP contribution in [0, 0.1) is 0 Å². The van der Waals surface area contributed by atoms with Gasteiger partial charge in [-0.05, 0) is 18.9 Å². The van der Waals surface area contributed by atoms with Gasteiger partial charge in [0.1, 0.15) is 5.75 Å². The van der Waals surface area contributed by atoms with Crippen molar-refractivity contribution in [3.05, 3.63) is 46.8 Å². The summed E-state index contributed by atoms with van der Waals surface area (Å²) >= 11 is 0. The largest absolute Gasteiger partial charge is 0.496 e. The van der Waals surface area contributed by atoms with Gasteiger partial charge in [0.05, 0.1) is 19.3 Å². The molecule has 0 atom stereocenters. The number of nitrogens with two attached hydrogens (primary N) is 1. The second-order valence-electron chi connectivity index (χ2n) is 4.75. The molecule has 4 heteroatoms. The molecular formula is C16H23N3O. The van der Waals surface area contributed by atoms with Crippen LogP contribution in [-0.2, 0) is 25.9 Å². The predicted octanol–water partition coefficient (Wildman–Crippen LogP) is 2.52. The van der Waals surface area contributed by atoms with Gasteiger partial charge in [0.2, 0.25) is 0 Å². The third-order valence-corrected chi connectivity index (χ3v) is 3.64. The summed E-state index contributed by atoms with van der Waals surface area (Å²) in [4.78, 5) is 0. The van der Waals surface area contributed by atoms with E-state index in [2.05, 4.69) is 24.6 Å². The average molecular weight is 273 g/mol. The van der Waals surface area contributed by atoms with Crippen LogP contribution in [0.1, 0.15) is 36.4 Å². The second-order valence-corrected chi connectivity index (χ2v) is 4.75. The molecule has 4 nitrogen and oxygen atoms in total. The van der Waals surface area contributed by atoms with Gasteiger partial charge in [-0.25, -0.2) is 0 Å². The first kappa shape index (κ1) is 14.6. The Hall–Kier alpha value is -1.81. The van der Waals surface area contributed by atoms with Crippen LogP contribution in [-0.4, -0.2) is 16.9 Å². The van der Waals surface area contributed by atoms with Crippen molar-refractivity contribution < 1.29 is 4.74 Å². The minimum Gasteiger partial charge on any atom is -0.496 e. The summed E-state index contributed by atoms with van der Waals surface area (Å²) in [5.74, 6) is 0.900. The van der Waals surface area contributed by atoms with Gasteiger partial charge < -0.3 is 10.5 Å². The van der Waals surface area contributed by atoms with Crippen molar-refractivity contribution in [1.29, 1.82) is 0 Å². The number of hydrogen-bond acceptors (Lipinski definition) is 3. The number of aryl methyl sites for hydroxylation is 1. The van der Waals surface area contributed by atoms with Gasteiger partial charge in [-0.3, -0.25) is 4.68 Å². The lowest BCUT2D eigenvalue weighted by Crippen LogP contribution is -2.08. The Morgan fingerprint density at radius 2 is 1.95 bits per heavy atom. The molecule has 0 amide bonds. The number of aromatic nitrogens is 2. The highest BCUT2D eigenvalue weighted by molar-refractivity contribution is 5.34. The zero-order chi connectivity index (χ0) is 14.5. The van der Waals surface area contributed by atoms with Gasteiger partial charge >= 0.3 is 0 Å². The Balaban J connectivity index is 2.40. The van der Waals surface area contributed by atoms with E-state index in [4.69, 9.17) is 15.6 Å². The van der Waals surface area contributed by atoms with Crippen molar-refractivity contribution in [3.8, 4) is 5.75 Å². The summed E-state index contributed by atoms with van der Waals surface area (Å²) in [6.07, 6.45) is 1.85. The monoisotopic (exact) mass is 273 g/mol. The number of hydrogen-bond donors (Lipinski definition) is 1. The lowest BCUT2D eigenvalue weighted by molar-refractivity contribution is 0.407. The summed E-state index contributed by atoms with van der Waals surface area (Å²) in [6.45, 7) is 5.54. The fourth-order valence-corrected chi connectivity index (χ4v) is 2.63. The quantitative estimate of drug-likeness (QED) is 0.880. The number of nitrogens with zero attached hydrogens (tertiary/aromatic N) is 2. The molecule has 0 bridgehead atoms. The van der Waals surface area contributed by atoms with E-state index in [0.29, 0.717) is 6.54 Å². The summed E-state index contributed by atoms with van der Waals surface area (Å²) in [5, 5.41) is 4.72. The second kappa shape index (κ2) is 6.57. The molecule has 0 spiro atoms. The topological polar surface area (TPSA) is 53.1 Å². The maximum absolute atomic E-state index is 5.89. The van der Waals surface area contributed by atoms with Crippen molar-refractivity contribution in [1.82, 2.24) is 9.78 Å². The van der Waals surface area contributed by atoms with Gasteiger partial charge in [0.25, 0.3) is 0 Å². The van der Waals surface area contributed by atoms with Crippen molar-refractivity contribution in [2.45, 2.75) is 39.8 Å². The lowest BCUT2D eigenvalue weighted by Gasteiger charge is -2.11. The molecule has 0 aliphatic carbocycles. The molecule has 0 radical (unpaired) electrons. The summed E-state index contributed by atoms with van der Waals surface area (Å²) < 4.78 is 7.48. The van der Waals surface area contributed by atoms with Gasteiger partial charge in [-0.1, -0.05) is 32.0 Å². The molecule has 0 saturated heterocycles. The van der Waals surface area contributed by atoms with E-state index in [-0.39, 0.29) is 0 Å². The highest BCUT2D eigenvalue weighted by Crippen LogP contribution is 2.22. The van der Waals surface area contributed by atoms with Crippen molar-refractivity contribution >= 4 is 0 Å². The minimum atomic E-state index is 0.554. The Morgan fingerprint density at radius 1 is 1.20 bits per heavy atom. The number of rotatable bonds is 6. The van der Waals surface area contributed by atoms with E-state index in [9.17, 15) is 0 Å². The minimum absolute atomic E-state index is 0.554. The predicted molar refractivity (Wildman–Crippen MR) is 81.0 cm³/mol. The van der Waals surface area contributed by atoms with E-state index in [0.717, 1.165) is 36.4 Å². The smallest absolute Gasteiger partial charge is 0.123 e. The van der Waals surface area contributed by atoms with Crippen LogP contribution in [0.4, 0.5) is 0 Å². The first-order valence-electron chi connectivity index (χ1n) is 7.14. The Bertz CT molecular complexity index is 575. The standard InChI is InChI=1S/C16H23N3O/c1-4-14-13(10-17)15(5-2)19(18-14)11-12-8-6-7-9-16(12)20-3/h6-9H,4-5,10-11,17H2,1-3H3. The summed E-state index contributed by atoms with van der Waals surface area (Å²) in [6, 6.07) is 8.06. The molecule has 2 aromatic rings. The third kappa shape index (κ3) is 2.70. The van der Waals surface area contributed by atoms with Gasteiger partial charge in [-0.15, -0.1) is 0 Å². The number of methoxy groups -OCH3 is 1. The zero-order valence-electron chi connectivity index (χ0n) is 12.5. The summed E-state index contributed by atoms with van der Waals surface area (Å²) in [5.41, 5.74) is 10.6. The van der Waals surface area contributed by atoms with Crippen molar-refractivity contribution in [3.63, 3.8) is 0 Å². The molecule has 1 aromatic heterocycles. The van der Waals surface area contributed by atoms with Crippen molar-refractivity contribution in [2.24, 2.45) is 5.73 Å². The molecule has 1 aromatic carbocycles. The molecule has 2 rings (SSSR count). The molecule has 0 unspecified atom stereocenters. The number of para-hydroxylation sites is 1. The van der Waals surface area contributed by atoms with Crippen LogP contribution in [0.5, 0.6) is 5.75 Å². The Morgan fingerprint density at radius 3 is 2.55 bits per heavy atom. The van der Waals surface area contributed by atoms with E-state index in [1.165, 1.54) is 11.3 Å². The third-order valence-electron chi connectivity index (χ3n) is 3.64. The van der Waals surface area contributed by atoms with Gasteiger partial charge in [0, 0.05) is 23.4 Å². The van der Waals surface area contributed by atoms with Crippen LogP contribution in [0.3, 0.4) is 0 Å². The Kier molecular flexibility index (Phi) is 4.79. The molecule has 20 heavy (non-hydrogen) atoms. The van der Waals surface area contributed by atoms with Crippen LogP contribution < -0.4 is 10.5 Å².